The summed E-state index contributed by atoms with van der Waals surface area (Å²) in [5.41, 5.74) is 1.99. The summed E-state index contributed by atoms with van der Waals surface area (Å²) in [5.74, 6) is -0.203. The van der Waals surface area contributed by atoms with Gasteiger partial charge in [0.1, 0.15) is 5.82 Å². The van der Waals surface area contributed by atoms with Crippen LogP contribution < -0.4 is 0 Å². The Labute approximate surface area is 101 Å². The van der Waals surface area contributed by atoms with E-state index < -0.39 is 0 Å². The molecular weight excluding hydrogens is 215 g/mol. The van der Waals surface area contributed by atoms with E-state index in [9.17, 15) is 9.50 Å². The first-order chi connectivity index (χ1) is 8.29. The van der Waals surface area contributed by atoms with Gasteiger partial charge in [0.25, 0.3) is 0 Å². The van der Waals surface area contributed by atoms with E-state index in [4.69, 9.17) is 0 Å². The van der Waals surface area contributed by atoms with Gasteiger partial charge in [-0.2, -0.15) is 0 Å². The molecule has 1 nitrogen and oxygen atoms in total. The molecule has 0 aliphatic heterocycles. The van der Waals surface area contributed by atoms with Crippen LogP contribution in [0.15, 0.2) is 54.6 Å². The number of halogens is 1. The van der Waals surface area contributed by atoms with Gasteiger partial charge in [0.2, 0.25) is 0 Å². The summed E-state index contributed by atoms with van der Waals surface area (Å²) in [6.07, 6.45) is 0.651. The molecule has 0 aliphatic rings. The van der Waals surface area contributed by atoms with Crippen LogP contribution in [0, 0.1) is 5.82 Å². The molecule has 1 unspecified atom stereocenters. The predicted octanol–water partition coefficient (Wildman–Crippen LogP) is 3.14. The van der Waals surface area contributed by atoms with Crippen molar-refractivity contribution in [2.45, 2.75) is 12.3 Å². The fourth-order valence-electron chi connectivity index (χ4n) is 1.96. The van der Waals surface area contributed by atoms with Crippen molar-refractivity contribution in [1.29, 1.82) is 0 Å². The van der Waals surface area contributed by atoms with Crippen LogP contribution in [0.5, 0.6) is 0 Å². The van der Waals surface area contributed by atoms with E-state index in [1.165, 1.54) is 12.1 Å². The summed E-state index contributed by atoms with van der Waals surface area (Å²) >= 11 is 0. The average molecular weight is 230 g/mol. The zero-order valence-electron chi connectivity index (χ0n) is 9.51. The molecule has 88 valence electrons. The molecule has 0 fully saturated rings. The monoisotopic (exact) mass is 230 g/mol. The Balaban J connectivity index is 2.16. The molecule has 17 heavy (non-hydrogen) atoms. The molecular formula is C15H15FO. The number of aliphatic hydroxyl groups excluding tert-OH is 1. The first-order valence-corrected chi connectivity index (χ1v) is 5.70. The maximum atomic E-state index is 13.1. The van der Waals surface area contributed by atoms with E-state index in [1.54, 1.807) is 6.07 Å². The summed E-state index contributed by atoms with van der Waals surface area (Å²) < 4.78 is 13.1. The maximum absolute atomic E-state index is 13.1. The molecule has 0 saturated carbocycles. The van der Waals surface area contributed by atoms with Crippen LogP contribution >= 0.6 is 0 Å². The van der Waals surface area contributed by atoms with E-state index in [1.807, 2.05) is 36.4 Å². The van der Waals surface area contributed by atoms with Crippen LogP contribution in [0.3, 0.4) is 0 Å². The third-order valence-electron chi connectivity index (χ3n) is 2.86. The Morgan fingerprint density at radius 1 is 1.00 bits per heavy atom. The number of rotatable bonds is 4. The lowest BCUT2D eigenvalue weighted by molar-refractivity contribution is 0.264. The summed E-state index contributed by atoms with van der Waals surface area (Å²) in [7, 11) is 0. The van der Waals surface area contributed by atoms with E-state index in [0.717, 1.165) is 11.1 Å². The van der Waals surface area contributed by atoms with Crippen LogP contribution in [0.25, 0.3) is 0 Å². The van der Waals surface area contributed by atoms with Gasteiger partial charge >= 0.3 is 0 Å². The maximum Gasteiger partial charge on any atom is 0.123 e. The van der Waals surface area contributed by atoms with Crippen LogP contribution in [0.1, 0.15) is 17.0 Å². The molecule has 0 aromatic heterocycles. The summed E-state index contributed by atoms with van der Waals surface area (Å²) in [5, 5.41) is 9.42. The van der Waals surface area contributed by atoms with Gasteiger partial charge in [-0.3, -0.25) is 0 Å². The van der Waals surface area contributed by atoms with Gasteiger partial charge in [-0.1, -0.05) is 42.5 Å². The van der Waals surface area contributed by atoms with E-state index in [2.05, 4.69) is 0 Å². The minimum absolute atomic E-state index is 0.0259. The molecule has 1 atom stereocenters. The topological polar surface area (TPSA) is 20.2 Å². The molecule has 0 saturated heterocycles. The second kappa shape index (κ2) is 5.60. The number of benzene rings is 2. The smallest absolute Gasteiger partial charge is 0.123 e. The van der Waals surface area contributed by atoms with Gasteiger partial charge < -0.3 is 5.11 Å². The Bertz CT molecular complexity index is 467. The lowest BCUT2D eigenvalue weighted by Gasteiger charge is -2.14. The standard InChI is InChI=1S/C15H15FO/c16-15-8-4-5-12(10-15)9-14(11-17)13-6-2-1-3-7-13/h1-8,10,14,17H,9,11H2. The zero-order valence-corrected chi connectivity index (χ0v) is 9.51. The first-order valence-electron chi connectivity index (χ1n) is 5.70. The number of aliphatic hydroxyl groups is 1. The minimum Gasteiger partial charge on any atom is -0.396 e. The van der Waals surface area contributed by atoms with Crippen LogP contribution in [-0.4, -0.2) is 11.7 Å². The molecule has 1 N–H and O–H groups in total. The number of hydrogen-bond acceptors (Lipinski definition) is 1. The molecule has 2 aromatic rings. The average Bonchev–Trinajstić information content (AvgIpc) is 2.37. The van der Waals surface area contributed by atoms with Crippen molar-refractivity contribution in [3.05, 3.63) is 71.5 Å². The summed E-state index contributed by atoms with van der Waals surface area (Å²) in [6.45, 7) is 0.0700. The molecule has 0 heterocycles. The largest absolute Gasteiger partial charge is 0.396 e. The summed E-state index contributed by atoms with van der Waals surface area (Å²) in [4.78, 5) is 0. The molecule has 0 bridgehead atoms. The van der Waals surface area contributed by atoms with Crippen molar-refractivity contribution in [3.8, 4) is 0 Å². The van der Waals surface area contributed by atoms with Gasteiger partial charge in [-0.15, -0.1) is 0 Å². The highest BCUT2D eigenvalue weighted by Gasteiger charge is 2.11. The highest BCUT2D eigenvalue weighted by Crippen LogP contribution is 2.20. The highest BCUT2D eigenvalue weighted by atomic mass is 19.1. The fraction of sp³-hybridized carbons (Fsp3) is 0.200. The zero-order chi connectivity index (χ0) is 12.1. The highest BCUT2D eigenvalue weighted by molar-refractivity contribution is 5.24. The van der Waals surface area contributed by atoms with E-state index in [0.29, 0.717) is 6.42 Å². The minimum atomic E-state index is -0.229. The Kier molecular flexibility index (Phi) is 3.89. The third kappa shape index (κ3) is 3.14. The lowest BCUT2D eigenvalue weighted by Crippen LogP contribution is -2.07. The van der Waals surface area contributed by atoms with Crippen molar-refractivity contribution in [2.75, 3.05) is 6.61 Å². The van der Waals surface area contributed by atoms with Crippen molar-refractivity contribution < 1.29 is 9.50 Å². The van der Waals surface area contributed by atoms with Gasteiger partial charge in [0, 0.05) is 5.92 Å². The van der Waals surface area contributed by atoms with Crippen molar-refractivity contribution in [2.24, 2.45) is 0 Å². The predicted molar refractivity (Wildman–Crippen MR) is 66.4 cm³/mol. The van der Waals surface area contributed by atoms with Crippen LogP contribution in [0.2, 0.25) is 0 Å². The van der Waals surface area contributed by atoms with Gasteiger partial charge in [-0.25, -0.2) is 4.39 Å². The van der Waals surface area contributed by atoms with Crippen LogP contribution in [-0.2, 0) is 6.42 Å². The SMILES string of the molecule is OCC(Cc1cccc(F)c1)c1ccccc1. The number of hydrogen-bond donors (Lipinski definition) is 1. The lowest BCUT2D eigenvalue weighted by atomic mass is 9.93. The Morgan fingerprint density at radius 3 is 2.41 bits per heavy atom. The molecule has 2 heteroatoms. The van der Waals surface area contributed by atoms with Crippen LogP contribution in [0.4, 0.5) is 4.39 Å². The second-order valence-electron chi connectivity index (χ2n) is 4.12. The molecule has 2 rings (SSSR count). The van der Waals surface area contributed by atoms with E-state index >= 15 is 0 Å². The Morgan fingerprint density at radius 2 is 1.76 bits per heavy atom. The van der Waals surface area contributed by atoms with E-state index in [-0.39, 0.29) is 18.3 Å². The fourth-order valence-corrected chi connectivity index (χ4v) is 1.96. The van der Waals surface area contributed by atoms with Crippen molar-refractivity contribution >= 4 is 0 Å². The first kappa shape index (κ1) is 11.8. The molecule has 2 aromatic carbocycles. The normalized spacial score (nSPS) is 12.4. The molecule has 0 amide bonds. The molecule has 0 aliphatic carbocycles. The van der Waals surface area contributed by atoms with Crippen molar-refractivity contribution in [3.63, 3.8) is 0 Å². The van der Waals surface area contributed by atoms with Crippen molar-refractivity contribution in [1.82, 2.24) is 0 Å². The molecule has 0 radical (unpaired) electrons. The summed E-state index contributed by atoms with van der Waals surface area (Å²) in [6, 6.07) is 16.3. The second-order valence-corrected chi connectivity index (χ2v) is 4.12. The molecule has 0 spiro atoms. The van der Waals surface area contributed by atoms with Gasteiger partial charge in [0.05, 0.1) is 6.61 Å². The Hall–Kier alpha value is -1.67. The quantitative estimate of drug-likeness (QED) is 0.855. The van der Waals surface area contributed by atoms with Gasteiger partial charge in [0.15, 0.2) is 0 Å². The van der Waals surface area contributed by atoms with Gasteiger partial charge in [-0.05, 0) is 29.7 Å². The third-order valence-corrected chi connectivity index (χ3v) is 2.86.